The zero-order valence-corrected chi connectivity index (χ0v) is 9.85. The molecule has 1 unspecified atom stereocenters. The van der Waals surface area contributed by atoms with Crippen LogP contribution >= 0.6 is 0 Å². The molecule has 1 aromatic rings. The van der Waals surface area contributed by atoms with Gasteiger partial charge in [-0.3, -0.25) is 14.1 Å². The van der Waals surface area contributed by atoms with E-state index in [1.54, 1.807) is 0 Å². The summed E-state index contributed by atoms with van der Waals surface area (Å²) in [5.74, 6) is -1.47. The predicted molar refractivity (Wildman–Crippen MR) is 53.8 cm³/mol. The third kappa shape index (κ3) is 1.91. The van der Waals surface area contributed by atoms with Crippen molar-refractivity contribution in [2.75, 3.05) is 11.6 Å². The van der Waals surface area contributed by atoms with Gasteiger partial charge >= 0.3 is 10.3 Å². The maximum atomic E-state index is 11.6. The minimum absolute atomic E-state index is 0.248. The summed E-state index contributed by atoms with van der Waals surface area (Å²) in [7, 11) is -4.59. The van der Waals surface area contributed by atoms with Crippen molar-refractivity contribution in [3.63, 3.8) is 0 Å². The highest BCUT2D eigenvalue weighted by Gasteiger charge is 2.49. The number of carbonyl (C=O) groups is 2. The van der Waals surface area contributed by atoms with E-state index in [4.69, 9.17) is 4.55 Å². The number of hydrogen-bond acceptors (Lipinski definition) is 7. The summed E-state index contributed by atoms with van der Waals surface area (Å²) in [5, 5.41) is 10.9. The third-order valence-electron chi connectivity index (χ3n) is 2.32. The number of carbonyl (C=O) groups excluding carboxylic acids is 2. The number of tetrazole rings is 1. The number of amides is 2. The first-order valence-electron chi connectivity index (χ1n) is 4.64. The molecule has 1 atom stereocenters. The average Bonchev–Trinajstić information content (AvgIpc) is 2.73. The molecule has 2 heterocycles. The SMILES string of the molecule is CC(=O)N(C1CN(S(=O)(=O)O)C1=O)n1cnnn1. The summed E-state index contributed by atoms with van der Waals surface area (Å²) >= 11 is 0. The lowest BCUT2D eigenvalue weighted by atomic mass is 10.1. The Kier molecular flexibility index (Phi) is 2.74. The van der Waals surface area contributed by atoms with Gasteiger partial charge in [-0.15, -0.1) is 9.89 Å². The van der Waals surface area contributed by atoms with Crippen molar-refractivity contribution >= 4 is 22.1 Å². The summed E-state index contributed by atoms with van der Waals surface area (Å²) in [6.45, 7) is 0.822. The largest absolute Gasteiger partial charge is 0.362 e. The average molecular weight is 276 g/mol. The Bertz CT molecular complexity index is 582. The maximum Gasteiger partial charge on any atom is 0.362 e. The second-order valence-electron chi connectivity index (χ2n) is 3.46. The molecule has 0 radical (unpaired) electrons. The van der Waals surface area contributed by atoms with Crippen molar-refractivity contribution in [1.82, 2.24) is 24.6 Å². The zero-order chi connectivity index (χ0) is 13.5. The summed E-state index contributed by atoms with van der Waals surface area (Å²) in [4.78, 5) is 23.9. The van der Waals surface area contributed by atoms with Gasteiger partial charge in [-0.2, -0.15) is 8.42 Å². The molecule has 1 aliphatic heterocycles. The molecule has 1 aliphatic rings. The van der Waals surface area contributed by atoms with E-state index in [1.165, 1.54) is 6.92 Å². The van der Waals surface area contributed by atoms with Gasteiger partial charge in [0.05, 0.1) is 6.54 Å². The Morgan fingerprint density at radius 2 is 2.28 bits per heavy atom. The molecule has 2 amide bonds. The number of rotatable bonds is 3. The second-order valence-corrected chi connectivity index (χ2v) is 4.79. The van der Waals surface area contributed by atoms with Crippen LogP contribution in [0.5, 0.6) is 0 Å². The quantitative estimate of drug-likeness (QED) is 0.460. The molecule has 12 heteroatoms. The molecule has 18 heavy (non-hydrogen) atoms. The lowest BCUT2D eigenvalue weighted by Gasteiger charge is -2.40. The predicted octanol–water partition coefficient (Wildman–Crippen LogP) is -2.83. The standard InChI is InChI=1S/C6H8N6O5S/c1-4(13)12(11-3-7-8-9-11)5-2-10(6(5)14)18(15,16)17/h3,5H,2H2,1H3,(H,15,16,17). The zero-order valence-electron chi connectivity index (χ0n) is 9.03. The van der Waals surface area contributed by atoms with Gasteiger partial charge in [0.2, 0.25) is 5.91 Å². The molecule has 0 aliphatic carbocycles. The summed E-state index contributed by atoms with van der Waals surface area (Å²) in [6.07, 6.45) is 1.09. The molecule has 0 spiro atoms. The molecular weight excluding hydrogens is 268 g/mol. The van der Waals surface area contributed by atoms with E-state index in [0.29, 0.717) is 0 Å². The fourth-order valence-corrected chi connectivity index (χ4v) is 2.21. The summed E-state index contributed by atoms with van der Waals surface area (Å²) in [5.41, 5.74) is 0. The van der Waals surface area contributed by atoms with E-state index < -0.39 is 28.2 Å². The van der Waals surface area contributed by atoms with Gasteiger partial charge in [0, 0.05) is 6.92 Å². The van der Waals surface area contributed by atoms with Gasteiger partial charge in [-0.1, -0.05) is 0 Å². The number of β-lactam (4-membered cyclic amide) rings is 1. The van der Waals surface area contributed by atoms with Crippen LogP contribution in [0.3, 0.4) is 0 Å². The first kappa shape index (κ1) is 12.4. The maximum absolute atomic E-state index is 11.6. The Balaban J connectivity index is 2.23. The first-order valence-corrected chi connectivity index (χ1v) is 6.04. The van der Waals surface area contributed by atoms with Gasteiger partial charge in [-0.25, -0.2) is 9.31 Å². The fourth-order valence-electron chi connectivity index (χ4n) is 1.53. The van der Waals surface area contributed by atoms with Gasteiger partial charge in [0.15, 0.2) is 12.4 Å². The number of aromatic nitrogens is 4. The van der Waals surface area contributed by atoms with Crippen molar-refractivity contribution in [3.05, 3.63) is 6.33 Å². The highest BCUT2D eigenvalue weighted by Crippen LogP contribution is 2.18. The van der Waals surface area contributed by atoms with E-state index in [0.717, 1.165) is 16.1 Å². The first-order chi connectivity index (χ1) is 8.32. The minimum Gasteiger partial charge on any atom is -0.273 e. The van der Waals surface area contributed by atoms with Gasteiger partial charge < -0.3 is 0 Å². The second kappa shape index (κ2) is 3.99. The normalized spacial score (nSPS) is 19.6. The van der Waals surface area contributed by atoms with Gasteiger partial charge in [0.1, 0.15) is 0 Å². The van der Waals surface area contributed by atoms with Crippen molar-refractivity contribution < 1.29 is 22.6 Å². The molecule has 1 saturated heterocycles. The van der Waals surface area contributed by atoms with Gasteiger partial charge in [-0.05, 0) is 10.4 Å². The summed E-state index contributed by atoms with van der Waals surface area (Å²) < 4.78 is 30.5. The number of nitrogens with zero attached hydrogens (tertiary/aromatic N) is 6. The van der Waals surface area contributed by atoms with Crippen LogP contribution in [0.4, 0.5) is 0 Å². The topological polar surface area (TPSA) is 139 Å². The number of hydrogen-bond donors (Lipinski definition) is 1. The van der Waals surface area contributed by atoms with E-state index in [1.807, 2.05) is 0 Å². The molecule has 0 aromatic carbocycles. The Morgan fingerprint density at radius 3 is 2.67 bits per heavy atom. The minimum atomic E-state index is -4.59. The van der Waals surface area contributed by atoms with Crippen LogP contribution in [0, 0.1) is 0 Å². The Morgan fingerprint density at radius 1 is 1.61 bits per heavy atom. The van der Waals surface area contributed by atoms with Crippen LogP contribution in [-0.2, 0) is 19.9 Å². The lowest BCUT2D eigenvalue weighted by molar-refractivity contribution is -0.139. The van der Waals surface area contributed by atoms with Crippen LogP contribution in [0.1, 0.15) is 6.92 Å². The van der Waals surface area contributed by atoms with Crippen molar-refractivity contribution in [2.24, 2.45) is 0 Å². The van der Waals surface area contributed by atoms with Crippen LogP contribution in [0.15, 0.2) is 6.33 Å². The van der Waals surface area contributed by atoms with E-state index in [9.17, 15) is 18.0 Å². The highest BCUT2D eigenvalue weighted by atomic mass is 32.2. The van der Waals surface area contributed by atoms with Crippen LogP contribution < -0.4 is 5.01 Å². The Labute approximate surface area is 101 Å². The monoisotopic (exact) mass is 276 g/mol. The van der Waals surface area contributed by atoms with Crippen molar-refractivity contribution in [1.29, 1.82) is 0 Å². The van der Waals surface area contributed by atoms with Crippen molar-refractivity contribution in [2.45, 2.75) is 13.0 Å². The van der Waals surface area contributed by atoms with Crippen LogP contribution in [0.25, 0.3) is 0 Å². The molecule has 98 valence electrons. The molecule has 11 nitrogen and oxygen atoms in total. The van der Waals surface area contributed by atoms with E-state index >= 15 is 0 Å². The molecular formula is C6H8N6O5S. The van der Waals surface area contributed by atoms with E-state index in [-0.39, 0.29) is 10.8 Å². The van der Waals surface area contributed by atoms with Crippen LogP contribution in [0.2, 0.25) is 0 Å². The molecule has 1 fully saturated rings. The summed E-state index contributed by atoms with van der Waals surface area (Å²) in [6, 6.07) is -1.06. The van der Waals surface area contributed by atoms with E-state index in [2.05, 4.69) is 15.5 Å². The molecule has 0 saturated carbocycles. The highest BCUT2D eigenvalue weighted by molar-refractivity contribution is 7.84. The third-order valence-corrected chi connectivity index (χ3v) is 3.21. The van der Waals surface area contributed by atoms with Gasteiger partial charge in [0.25, 0.3) is 5.91 Å². The Hall–Kier alpha value is -2.08. The van der Waals surface area contributed by atoms with Crippen LogP contribution in [-0.4, -0.2) is 62.0 Å². The lowest BCUT2D eigenvalue weighted by Crippen LogP contribution is -2.68. The molecule has 1 aromatic heterocycles. The smallest absolute Gasteiger partial charge is 0.273 e. The molecule has 2 rings (SSSR count). The van der Waals surface area contributed by atoms with Crippen molar-refractivity contribution in [3.8, 4) is 0 Å². The fraction of sp³-hybridized carbons (Fsp3) is 0.500. The molecule has 1 N–H and O–H groups in total. The molecule has 0 bridgehead atoms.